The number of anilines is 2. The van der Waals surface area contributed by atoms with Gasteiger partial charge in [-0.15, -0.1) is 11.8 Å². The molecule has 0 fully saturated rings. The van der Waals surface area contributed by atoms with Gasteiger partial charge in [0.2, 0.25) is 5.91 Å². The molecular weight excluding hydrogens is 614 g/mol. The Kier molecular flexibility index (Phi) is 11.4. The Hall–Kier alpha value is -5.06. The van der Waals surface area contributed by atoms with E-state index >= 15 is 0 Å². The molecule has 11 heteroatoms. The van der Waals surface area contributed by atoms with Crippen LogP contribution in [0.15, 0.2) is 108 Å². The van der Waals surface area contributed by atoms with E-state index in [2.05, 4.69) is 16.0 Å². The third-order valence-electron chi connectivity index (χ3n) is 6.29. The number of carboxylic acid groups (broad SMARTS) is 1. The molecule has 0 aliphatic carbocycles. The molecule has 1 atom stereocenters. The first-order valence-electron chi connectivity index (χ1n) is 13.9. The van der Waals surface area contributed by atoms with Crippen molar-refractivity contribution in [3.8, 4) is 5.75 Å². The first-order chi connectivity index (χ1) is 21.6. The minimum atomic E-state index is -1.14. The Morgan fingerprint density at radius 2 is 1.62 bits per heavy atom. The van der Waals surface area contributed by atoms with Crippen molar-refractivity contribution in [1.29, 1.82) is 0 Å². The molecule has 1 unspecified atom stereocenters. The molecular formula is C34H30ClN3O6S. The van der Waals surface area contributed by atoms with Gasteiger partial charge in [-0.2, -0.15) is 0 Å². The summed E-state index contributed by atoms with van der Waals surface area (Å²) in [5, 5.41) is 17.1. The third-order valence-corrected chi connectivity index (χ3v) is 7.72. The van der Waals surface area contributed by atoms with Gasteiger partial charge in [-0.1, -0.05) is 54.1 Å². The average Bonchev–Trinajstić information content (AvgIpc) is 3.03. The third kappa shape index (κ3) is 9.21. The highest BCUT2D eigenvalue weighted by atomic mass is 35.5. The van der Waals surface area contributed by atoms with E-state index in [0.29, 0.717) is 34.1 Å². The fraction of sp³-hybridized carbons (Fsp3) is 0.118. The van der Waals surface area contributed by atoms with E-state index in [1.807, 2.05) is 13.0 Å². The van der Waals surface area contributed by atoms with Crippen LogP contribution < -0.4 is 20.7 Å². The summed E-state index contributed by atoms with van der Waals surface area (Å²) in [6, 6.07) is 26.7. The summed E-state index contributed by atoms with van der Waals surface area (Å²) in [5.74, 6) is -1.99. The van der Waals surface area contributed by atoms with Crippen molar-refractivity contribution < 1.29 is 29.0 Å². The minimum absolute atomic E-state index is 0.00211. The highest BCUT2D eigenvalue weighted by molar-refractivity contribution is 8.00. The molecule has 0 bridgehead atoms. The van der Waals surface area contributed by atoms with Gasteiger partial charge < -0.3 is 25.8 Å². The summed E-state index contributed by atoms with van der Waals surface area (Å²) in [6.07, 6.45) is 1.55. The lowest BCUT2D eigenvalue weighted by Gasteiger charge is -2.15. The molecule has 0 heterocycles. The standard InChI is InChI=1S/C34H30ClN3O6S/c1-3-44-30-15-8-7-12-23(30)18-29(38-32(40)22-10-5-4-6-11-22)33(41)36-25-13-9-14-26(20-25)45-21(2)31(39)37-28-19-24(34(42)43)16-17-27(28)35/h4-21H,3H2,1-2H3,(H,36,41)(H,37,39)(H,38,40)(H,42,43)/b29-18+. The van der Waals surface area contributed by atoms with Crippen molar-refractivity contribution in [3.05, 3.63) is 124 Å². The van der Waals surface area contributed by atoms with Gasteiger partial charge in [-0.05, 0) is 74.5 Å². The second kappa shape index (κ2) is 15.6. The second-order valence-electron chi connectivity index (χ2n) is 9.58. The first kappa shape index (κ1) is 32.8. The number of hydrogen-bond donors (Lipinski definition) is 4. The van der Waals surface area contributed by atoms with Crippen LogP contribution in [0.4, 0.5) is 11.4 Å². The number of thioether (sulfide) groups is 1. The number of ether oxygens (including phenoxy) is 1. The van der Waals surface area contributed by atoms with Gasteiger partial charge in [0.05, 0.1) is 28.1 Å². The molecule has 4 aromatic rings. The molecule has 9 nitrogen and oxygen atoms in total. The molecule has 0 spiro atoms. The van der Waals surface area contributed by atoms with Crippen molar-refractivity contribution in [2.75, 3.05) is 17.2 Å². The molecule has 0 radical (unpaired) electrons. The van der Waals surface area contributed by atoms with E-state index in [1.165, 1.54) is 30.0 Å². The van der Waals surface area contributed by atoms with Crippen LogP contribution in [0.3, 0.4) is 0 Å². The number of amides is 3. The summed E-state index contributed by atoms with van der Waals surface area (Å²) in [5.41, 5.74) is 1.62. The maximum Gasteiger partial charge on any atom is 0.335 e. The number of benzene rings is 4. The number of aromatic carboxylic acids is 1. The van der Waals surface area contributed by atoms with Crippen LogP contribution in [-0.2, 0) is 9.59 Å². The lowest BCUT2D eigenvalue weighted by atomic mass is 10.1. The molecule has 0 saturated carbocycles. The highest BCUT2D eigenvalue weighted by Gasteiger charge is 2.19. The smallest absolute Gasteiger partial charge is 0.335 e. The Balaban J connectivity index is 1.51. The molecule has 45 heavy (non-hydrogen) atoms. The zero-order valence-electron chi connectivity index (χ0n) is 24.4. The summed E-state index contributed by atoms with van der Waals surface area (Å²) >= 11 is 7.39. The summed E-state index contributed by atoms with van der Waals surface area (Å²) in [7, 11) is 0. The van der Waals surface area contributed by atoms with Gasteiger partial charge in [0.15, 0.2) is 0 Å². The van der Waals surface area contributed by atoms with Crippen LogP contribution in [-0.4, -0.2) is 40.7 Å². The molecule has 4 aromatic carbocycles. The zero-order chi connectivity index (χ0) is 32.3. The maximum absolute atomic E-state index is 13.5. The van der Waals surface area contributed by atoms with Gasteiger partial charge in [0.1, 0.15) is 11.4 Å². The topological polar surface area (TPSA) is 134 Å². The fourth-order valence-corrected chi connectivity index (χ4v) is 5.17. The van der Waals surface area contributed by atoms with Crippen molar-refractivity contribution in [2.24, 2.45) is 0 Å². The Morgan fingerprint density at radius 3 is 2.36 bits per heavy atom. The number of nitrogens with one attached hydrogen (secondary N) is 3. The Bertz CT molecular complexity index is 1750. The number of carboxylic acids is 1. The number of halogens is 1. The molecule has 0 aromatic heterocycles. The zero-order valence-corrected chi connectivity index (χ0v) is 25.9. The van der Waals surface area contributed by atoms with Gasteiger partial charge >= 0.3 is 5.97 Å². The molecule has 0 saturated heterocycles. The first-order valence-corrected chi connectivity index (χ1v) is 15.1. The van der Waals surface area contributed by atoms with Crippen LogP contribution in [0.5, 0.6) is 5.75 Å². The minimum Gasteiger partial charge on any atom is -0.493 e. The number of carbonyl (C=O) groups is 4. The number of para-hydroxylation sites is 1. The van der Waals surface area contributed by atoms with Crippen LogP contribution >= 0.6 is 23.4 Å². The predicted molar refractivity (Wildman–Crippen MR) is 177 cm³/mol. The largest absolute Gasteiger partial charge is 0.493 e. The summed E-state index contributed by atoms with van der Waals surface area (Å²) < 4.78 is 5.70. The monoisotopic (exact) mass is 643 g/mol. The van der Waals surface area contributed by atoms with Crippen molar-refractivity contribution in [1.82, 2.24) is 5.32 Å². The van der Waals surface area contributed by atoms with Crippen molar-refractivity contribution in [2.45, 2.75) is 24.0 Å². The second-order valence-corrected chi connectivity index (χ2v) is 11.4. The molecule has 0 aliphatic heterocycles. The summed E-state index contributed by atoms with van der Waals surface area (Å²) in [6.45, 7) is 3.97. The van der Waals surface area contributed by atoms with Crippen molar-refractivity contribution >= 4 is 64.5 Å². The van der Waals surface area contributed by atoms with Gasteiger partial charge in [0, 0.05) is 21.7 Å². The number of hydrogen-bond acceptors (Lipinski definition) is 6. The average molecular weight is 644 g/mol. The van der Waals surface area contributed by atoms with E-state index in [1.54, 1.807) is 85.8 Å². The number of carbonyl (C=O) groups excluding carboxylic acids is 3. The van der Waals surface area contributed by atoms with Gasteiger partial charge in [-0.3, -0.25) is 14.4 Å². The molecule has 230 valence electrons. The van der Waals surface area contributed by atoms with E-state index in [4.69, 9.17) is 16.3 Å². The van der Waals surface area contributed by atoms with E-state index in [-0.39, 0.29) is 27.9 Å². The Labute approximate surface area is 269 Å². The van der Waals surface area contributed by atoms with Crippen LogP contribution in [0.25, 0.3) is 6.08 Å². The fourth-order valence-electron chi connectivity index (χ4n) is 4.08. The molecule has 0 aliphatic rings. The van der Waals surface area contributed by atoms with Crippen LogP contribution in [0, 0.1) is 0 Å². The molecule has 4 rings (SSSR count). The lowest BCUT2D eigenvalue weighted by molar-refractivity contribution is -0.115. The van der Waals surface area contributed by atoms with Crippen LogP contribution in [0.1, 0.15) is 40.1 Å². The van der Waals surface area contributed by atoms with E-state index < -0.39 is 23.0 Å². The van der Waals surface area contributed by atoms with Gasteiger partial charge in [0.25, 0.3) is 11.8 Å². The number of rotatable bonds is 12. The maximum atomic E-state index is 13.5. The lowest BCUT2D eigenvalue weighted by Crippen LogP contribution is -2.30. The quantitative estimate of drug-likeness (QED) is 0.0968. The molecule has 4 N–H and O–H groups in total. The summed E-state index contributed by atoms with van der Waals surface area (Å²) in [4.78, 5) is 51.5. The molecule has 3 amide bonds. The normalized spacial score (nSPS) is 11.7. The van der Waals surface area contributed by atoms with Crippen molar-refractivity contribution in [3.63, 3.8) is 0 Å². The van der Waals surface area contributed by atoms with Crippen LogP contribution in [0.2, 0.25) is 5.02 Å². The highest BCUT2D eigenvalue weighted by Crippen LogP contribution is 2.29. The van der Waals surface area contributed by atoms with E-state index in [0.717, 1.165) is 0 Å². The SMILES string of the molecule is CCOc1ccccc1/C=C(/NC(=O)c1ccccc1)C(=O)Nc1cccc(SC(C)C(=O)Nc2cc(C(=O)O)ccc2Cl)c1. The van der Waals surface area contributed by atoms with Gasteiger partial charge in [-0.25, -0.2) is 4.79 Å². The van der Waals surface area contributed by atoms with E-state index in [9.17, 15) is 24.3 Å². The Morgan fingerprint density at radius 1 is 0.889 bits per heavy atom. The predicted octanol–water partition coefficient (Wildman–Crippen LogP) is 6.97.